The number of carbonyl (C=O) groups is 2. The highest BCUT2D eigenvalue weighted by atomic mass is 35.5. The van der Waals surface area contributed by atoms with Crippen LogP contribution in [0.3, 0.4) is 0 Å². The van der Waals surface area contributed by atoms with Gasteiger partial charge in [0.2, 0.25) is 0 Å². The van der Waals surface area contributed by atoms with Gasteiger partial charge in [0.05, 0.1) is 11.9 Å². The highest BCUT2D eigenvalue weighted by molar-refractivity contribution is 6.28. The Morgan fingerprint density at radius 1 is 1.20 bits per heavy atom. The number of carbonyl (C=O) groups excluding carboxylic acids is 2. The molecule has 0 radical (unpaired) electrons. The molecule has 25 heavy (non-hydrogen) atoms. The smallest absolute Gasteiger partial charge is 0.164 e. The lowest BCUT2D eigenvalue weighted by Crippen LogP contribution is -2.63. The Morgan fingerprint density at radius 3 is 2.76 bits per heavy atom. The molecule has 1 heterocycles. The molecule has 3 fully saturated rings. The summed E-state index contributed by atoms with van der Waals surface area (Å²) in [5, 5.41) is 3.49. The molecule has 6 atom stereocenters. The standard InChI is InChI=1S/C21H30ClNO2/c1-20-8-5-14(24)11-13(20)3-4-15-16(20)6-9-21(2)17(15)7-10-23-19(21)18(25)12-22/h11,15-17,19,23H,3-10,12H2,1-2H3/t15-,16+,17+,19-,20+,21+/m1/s1. The topological polar surface area (TPSA) is 46.2 Å². The van der Waals surface area contributed by atoms with Crippen LogP contribution < -0.4 is 5.32 Å². The van der Waals surface area contributed by atoms with Crippen LogP contribution in [0.1, 0.15) is 58.8 Å². The van der Waals surface area contributed by atoms with E-state index in [1.807, 2.05) is 6.08 Å². The quantitative estimate of drug-likeness (QED) is 0.757. The summed E-state index contributed by atoms with van der Waals surface area (Å²) in [7, 11) is 0. The van der Waals surface area contributed by atoms with Crippen molar-refractivity contribution in [3.63, 3.8) is 0 Å². The molecule has 4 rings (SSSR count). The van der Waals surface area contributed by atoms with E-state index >= 15 is 0 Å². The zero-order valence-corrected chi connectivity index (χ0v) is 16.2. The monoisotopic (exact) mass is 363 g/mol. The number of piperidine rings is 1. The Bertz CT molecular complexity index is 629. The third kappa shape index (κ3) is 2.56. The maximum atomic E-state index is 12.5. The maximum absolute atomic E-state index is 12.5. The fourth-order valence-corrected chi connectivity index (χ4v) is 7.14. The predicted octanol–water partition coefficient (Wildman–Crippen LogP) is 3.89. The number of hydrogen-bond donors (Lipinski definition) is 1. The average Bonchev–Trinajstić information content (AvgIpc) is 2.60. The van der Waals surface area contributed by atoms with Crippen LogP contribution in [-0.2, 0) is 9.59 Å². The molecule has 4 aliphatic rings. The lowest BCUT2D eigenvalue weighted by atomic mass is 9.45. The van der Waals surface area contributed by atoms with Crippen LogP contribution in [0.2, 0.25) is 0 Å². The van der Waals surface area contributed by atoms with E-state index in [-0.39, 0.29) is 28.5 Å². The minimum Gasteiger partial charge on any atom is -0.307 e. The van der Waals surface area contributed by atoms with Crippen molar-refractivity contribution in [2.45, 2.75) is 64.8 Å². The first-order valence-electron chi connectivity index (χ1n) is 9.96. The van der Waals surface area contributed by atoms with Crippen LogP contribution in [0.25, 0.3) is 0 Å². The molecule has 1 N–H and O–H groups in total. The summed E-state index contributed by atoms with van der Waals surface area (Å²) in [6.07, 6.45) is 9.38. The number of allylic oxidation sites excluding steroid dienone is 2. The molecule has 1 aliphatic heterocycles. The van der Waals surface area contributed by atoms with Gasteiger partial charge in [-0.15, -0.1) is 11.6 Å². The van der Waals surface area contributed by atoms with E-state index in [2.05, 4.69) is 19.2 Å². The molecule has 3 nitrogen and oxygen atoms in total. The van der Waals surface area contributed by atoms with Gasteiger partial charge in [0.1, 0.15) is 0 Å². The number of ketones is 2. The summed E-state index contributed by atoms with van der Waals surface area (Å²) in [4.78, 5) is 24.4. The lowest BCUT2D eigenvalue weighted by Gasteiger charge is -2.61. The van der Waals surface area contributed by atoms with Gasteiger partial charge in [-0.1, -0.05) is 19.4 Å². The zero-order chi connectivity index (χ0) is 17.8. The summed E-state index contributed by atoms with van der Waals surface area (Å²) in [5.74, 6) is 2.55. The second kappa shape index (κ2) is 6.20. The first kappa shape index (κ1) is 17.7. The van der Waals surface area contributed by atoms with Crippen LogP contribution in [-0.4, -0.2) is 30.0 Å². The molecule has 0 aromatic rings. The van der Waals surface area contributed by atoms with Gasteiger partial charge in [0, 0.05) is 6.42 Å². The van der Waals surface area contributed by atoms with E-state index in [1.165, 1.54) is 18.4 Å². The summed E-state index contributed by atoms with van der Waals surface area (Å²) in [6, 6.07) is -0.0811. The van der Waals surface area contributed by atoms with Crippen molar-refractivity contribution < 1.29 is 9.59 Å². The Morgan fingerprint density at radius 2 is 2.00 bits per heavy atom. The molecule has 3 aliphatic carbocycles. The van der Waals surface area contributed by atoms with Gasteiger partial charge in [0.15, 0.2) is 11.6 Å². The largest absolute Gasteiger partial charge is 0.307 e. The summed E-state index contributed by atoms with van der Waals surface area (Å²) in [6.45, 7) is 5.66. The number of Topliss-reactive ketones (excluding diaryl/α,β-unsaturated/α-hetero) is 1. The van der Waals surface area contributed by atoms with Crippen molar-refractivity contribution >= 4 is 23.2 Å². The van der Waals surface area contributed by atoms with Gasteiger partial charge >= 0.3 is 0 Å². The Labute approximate surface area is 156 Å². The minimum absolute atomic E-state index is 0.0352. The van der Waals surface area contributed by atoms with Gasteiger partial charge in [-0.25, -0.2) is 0 Å². The molecule has 1 saturated heterocycles. The van der Waals surface area contributed by atoms with E-state index in [9.17, 15) is 9.59 Å². The molecule has 2 saturated carbocycles. The Balaban J connectivity index is 1.66. The molecule has 4 heteroatoms. The average molecular weight is 364 g/mol. The van der Waals surface area contributed by atoms with Gasteiger partial charge in [0.25, 0.3) is 0 Å². The number of halogens is 1. The Hall–Kier alpha value is -0.670. The van der Waals surface area contributed by atoms with Crippen LogP contribution in [0.15, 0.2) is 11.6 Å². The molecular weight excluding hydrogens is 334 g/mol. The van der Waals surface area contributed by atoms with Crippen molar-refractivity contribution in [1.29, 1.82) is 0 Å². The molecule has 0 unspecified atom stereocenters. The third-order valence-corrected chi connectivity index (χ3v) is 8.58. The number of fused-ring (bicyclic) bond motifs is 5. The highest BCUT2D eigenvalue weighted by Gasteiger charge is 2.58. The fraction of sp³-hybridized carbons (Fsp3) is 0.810. The van der Waals surface area contributed by atoms with Gasteiger partial charge < -0.3 is 5.32 Å². The van der Waals surface area contributed by atoms with Crippen LogP contribution in [0, 0.1) is 28.6 Å². The second-order valence-corrected chi connectivity index (χ2v) is 9.56. The number of nitrogens with one attached hydrogen (secondary N) is 1. The first-order valence-corrected chi connectivity index (χ1v) is 10.5. The van der Waals surface area contributed by atoms with E-state index in [4.69, 9.17) is 11.6 Å². The second-order valence-electron chi connectivity index (χ2n) is 9.29. The van der Waals surface area contributed by atoms with E-state index in [0.29, 0.717) is 30.0 Å². The predicted molar refractivity (Wildman–Crippen MR) is 99.6 cm³/mol. The molecule has 0 amide bonds. The van der Waals surface area contributed by atoms with Crippen molar-refractivity contribution in [3.8, 4) is 0 Å². The molecule has 0 aromatic heterocycles. The highest BCUT2D eigenvalue weighted by Crippen LogP contribution is 2.63. The van der Waals surface area contributed by atoms with Gasteiger partial charge in [-0.3, -0.25) is 9.59 Å². The molecular formula is C21H30ClNO2. The molecule has 138 valence electrons. The van der Waals surface area contributed by atoms with Crippen molar-refractivity contribution in [3.05, 3.63) is 11.6 Å². The van der Waals surface area contributed by atoms with E-state index in [0.717, 1.165) is 32.2 Å². The Kier molecular flexibility index (Phi) is 4.39. The lowest BCUT2D eigenvalue weighted by molar-refractivity contribution is -0.133. The van der Waals surface area contributed by atoms with Crippen LogP contribution in [0.5, 0.6) is 0 Å². The van der Waals surface area contributed by atoms with Crippen LogP contribution >= 0.6 is 11.6 Å². The normalized spacial score (nSPS) is 46.5. The summed E-state index contributed by atoms with van der Waals surface area (Å²) < 4.78 is 0. The number of rotatable bonds is 2. The summed E-state index contributed by atoms with van der Waals surface area (Å²) >= 11 is 5.91. The van der Waals surface area contributed by atoms with Gasteiger partial charge in [-0.05, 0) is 79.7 Å². The van der Waals surface area contributed by atoms with Crippen LogP contribution in [0.4, 0.5) is 0 Å². The number of hydrogen-bond acceptors (Lipinski definition) is 3. The van der Waals surface area contributed by atoms with Crippen molar-refractivity contribution in [2.24, 2.45) is 28.6 Å². The minimum atomic E-state index is -0.0811. The third-order valence-electron chi connectivity index (χ3n) is 8.32. The molecule has 0 bridgehead atoms. The first-order chi connectivity index (χ1) is 11.9. The van der Waals surface area contributed by atoms with E-state index < -0.39 is 0 Å². The number of alkyl halides is 1. The SMILES string of the molecule is C[C@]12CC[C@H]3[C@@H](CCC4=CC(=O)CC[C@@]43C)[C@@H]1CCN[C@@H]2C(=O)CCl. The van der Waals surface area contributed by atoms with Crippen molar-refractivity contribution in [1.82, 2.24) is 5.32 Å². The molecule has 0 spiro atoms. The fourth-order valence-electron chi connectivity index (χ4n) is 6.98. The van der Waals surface area contributed by atoms with Crippen molar-refractivity contribution in [2.75, 3.05) is 12.4 Å². The molecule has 0 aromatic carbocycles. The van der Waals surface area contributed by atoms with E-state index in [1.54, 1.807) is 0 Å². The maximum Gasteiger partial charge on any atom is 0.164 e. The zero-order valence-electron chi connectivity index (χ0n) is 15.4. The van der Waals surface area contributed by atoms with Gasteiger partial charge in [-0.2, -0.15) is 0 Å². The summed E-state index contributed by atoms with van der Waals surface area (Å²) in [5.41, 5.74) is 1.65.